The van der Waals surface area contributed by atoms with Gasteiger partial charge in [-0.3, -0.25) is 9.20 Å². The van der Waals surface area contributed by atoms with Crippen LogP contribution in [0, 0.1) is 0 Å². The zero-order valence-electron chi connectivity index (χ0n) is 10.2. The van der Waals surface area contributed by atoms with Crippen molar-refractivity contribution in [2.75, 3.05) is 13.6 Å². The van der Waals surface area contributed by atoms with Crippen LogP contribution in [0.15, 0.2) is 17.8 Å². The molecule has 0 N–H and O–H groups in total. The van der Waals surface area contributed by atoms with E-state index in [2.05, 4.69) is 11.9 Å². The fourth-order valence-corrected chi connectivity index (χ4v) is 2.39. The molecule has 0 saturated heterocycles. The number of aromatic nitrogens is 2. The van der Waals surface area contributed by atoms with Crippen molar-refractivity contribution >= 4 is 22.2 Å². The van der Waals surface area contributed by atoms with Gasteiger partial charge in [0.1, 0.15) is 0 Å². The average Bonchev–Trinajstić information content (AvgIpc) is 2.86. The molecule has 2 aromatic heterocycles. The van der Waals surface area contributed by atoms with Gasteiger partial charge in [0.05, 0.1) is 12.1 Å². The predicted molar refractivity (Wildman–Crippen MR) is 69.3 cm³/mol. The van der Waals surface area contributed by atoms with Crippen LogP contribution in [0.25, 0.3) is 4.96 Å². The Kier molecular flexibility index (Phi) is 3.78. The minimum atomic E-state index is 0.143. The molecule has 0 atom stereocenters. The predicted octanol–water partition coefficient (Wildman–Crippen LogP) is 2.20. The summed E-state index contributed by atoms with van der Waals surface area (Å²) in [6, 6.07) is 0. The van der Waals surface area contributed by atoms with Gasteiger partial charge in [0, 0.05) is 31.4 Å². The Balaban J connectivity index is 1.96. The van der Waals surface area contributed by atoms with E-state index >= 15 is 0 Å². The highest BCUT2D eigenvalue weighted by atomic mass is 32.1. The molecular formula is C12H17N3OS. The van der Waals surface area contributed by atoms with Crippen molar-refractivity contribution in [1.82, 2.24) is 14.3 Å². The molecular weight excluding hydrogens is 234 g/mol. The molecule has 0 spiro atoms. The normalized spacial score (nSPS) is 10.9. The molecule has 1 amide bonds. The fraction of sp³-hybridized carbons (Fsp3) is 0.500. The maximum absolute atomic E-state index is 11.9. The van der Waals surface area contributed by atoms with Crippen molar-refractivity contribution < 1.29 is 4.79 Å². The van der Waals surface area contributed by atoms with E-state index in [1.807, 2.05) is 29.2 Å². The first-order chi connectivity index (χ1) is 8.20. The summed E-state index contributed by atoms with van der Waals surface area (Å²) in [5.41, 5.74) is 0.852. The number of rotatable bonds is 5. The van der Waals surface area contributed by atoms with Crippen molar-refractivity contribution in [1.29, 1.82) is 0 Å². The number of nitrogens with zero attached hydrogens (tertiary/aromatic N) is 3. The lowest BCUT2D eigenvalue weighted by atomic mass is 10.2. The Morgan fingerprint density at radius 3 is 3.12 bits per heavy atom. The summed E-state index contributed by atoms with van der Waals surface area (Å²) >= 11 is 1.58. The van der Waals surface area contributed by atoms with Crippen molar-refractivity contribution in [3.8, 4) is 0 Å². The average molecular weight is 251 g/mol. The molecule has 0 aromatic carbocycles. The maximum atomic E-state index is 11.9. The number of imidazole rings is 1. The Hall–Kier alpha value is -1.36. The Bertz CT molecular complexity index is 474. The van der Waals surface area contributed by atoms with Gasteiger partial charge in [0.25, 0.3) is 0 Å². The lowest BCUT2D eigenvalue weighted by Gasteiger charge is -2.15. The molecule has 2 heterocycles. The van der Waals surface area contributed by atoms with Gasteiger partial charge in [-0.15, -0.1) is 11.3 Å². The van der Waals surface area contributed by atoms with Crippen LogP contribution in [0.2, 0.25) is 0 Å². The standard InChI is InChI=1S/C12H17N3OS/c1-3-4-5-14(2)11(16)8-10-9-15-6-7-17-12(15)13-10/h6-7,9H,3-5,8H2,1-2H3. The van der Waals surface area contributed by atoms with E-state index in [1.165, 1.54) is 0 Å². The second kappa shape index (κ2) is 5.31. The molecule has 4 nitrogen and oxygen atoms in total. The van der Waals surface area contributed by atoms with Crippen molar-refractivity contribution in [2.45, 2.75) is 26.2 Å². The van der Waals surface area contributed by atoms with Crippen LogP contribution in [0.1, 0.15) is 25.5 Å². The molecule has 2 rings (SSSR count). The zero-order chi connectivity index (χ0) is 12.3. The maximum Gasteiger partial charge on any atom is 0.228 e. The molecule has 0 unspecified atom stereocenters. The number of hydrogen-bond acceptors (Lipinski definition) is 3. The number of carbonyl (C=O) groups excluding carboxylic acids is 1. The minimum absolute atomic E-state index is 0.143. The van der Waals surface area contributed by atoms with E-state index in [9.17, 15) is 4.79 Å². The van der Waals surface area contributed by atoms with Gasteiger partial charge in [-0.25, -0.2) is 4.98 Å². The van der Waals surface area contributed by atoms with E-state index in [1.54, 1.807) is 16.2 Å². The topological polar surface area (TPSA) is 37.6 Å². The van der Waals surface area contributed by atoms with Crippen LogP contribution in [0.5, 0.6) is 0 Å². The number of carbonyl (C=O) groups is 1. The number of amides is 1. The number of hydrogen-bond donors (Lipinski definition) is 0. The molecule has 2 aromatic rings. The highest BCUT2D eigenvalue weighted by Gasteiger charge is 2.11. The second-order valence-electron chi connectivity index (χ2n) is 4.17. The molecule has 0 aliphatic rings. The molecule has 0 bridgehead atoms. The van der Waals surface area contributed by atoms with Crippen molar-refractivity contribution in [2.24, 2.45) is 0 Å². The number of thiazole rings is 1. The number of unbranched alkanes of at least 4 members (excludes halogenated alkanes) is 1. The molecule has 17 heavy (non-hydrogen) atoms. The fourth-order valence-electron chi connectivity index (χ4n) is 1.67. The lowest BCUT2D eigenvalue weighted by molar-refractivity contribution is -0.129. The first kappa shape index (κ1) is 12.1. The number of fused-ring (bicyclic) bond motifs is 1. The van der Waals surface area contributed by atoms with Gasteiger partial charge >= 0.3 is 0 Å². The second-order valence-corrected chi connectivity index (χ2v) is 5.04. The van der Waals surface area contributed by atoms with Crippen LogP contribution < -0.4 is 0 Å². The third-order valence-electron chi connectivity index (χ3n) is 2.75. The van der Waals surface area contributed by atoms with Gasteiger partial charge < -0.3 is 4.90 Å². The van der Waals surface area contributed by atoms with E-state index in [0.29, 0.717) is 6.42 Å². The summed E-state index contributed by atoms with van der Waals surface area (Å²) in [5.74, 6) is 0.143. The summed E-state index contributed by atoms with van der Waals surface area (Å²) in [6.07, 6.45) is 6.45. The smallest absolute Gasteiger partial charge is 0.228 e. The molecule has 0 fully saturated rings. The monoisotopic (exact) mass is 251 g/mol. The van der Waals surface area contributed by atoms with Gasteiger partial charge in [-0.1, -0.05) is 13.3 Å². The first-order valence-corrected chi connectivity index (χ1v) is 6.73. The third kappa shape index (κ3) is 2.85. The molecule has 0 aliphatic heterocycles. The minimum Gasteiger partial charge on any atom is -0.345 e. The molecule has 0 radical (unpaired) electrons. The van der Waals surface area contributed by atoms with Crippen LogP contribution >= 0.6 is 11.3 Å². The highest BCUT2D eigenvalue weighted by molar-refractivity contribution is 7.15. The largest absolute Gasteiger partial charge is 0.345 e. The van der Waals surface area contributed by atoms with Gasteiger partial charge in [0.15, 0.2) is 4.96 Å². The number of likely N-dealkylation sites (N-methyl/N-ethyl adjacent to an activating group) is 1. The molecule has 0 aliphatic carbocycles. The first-order valence-electron chi connectivity index (χ1n) is 5.85. The van der Waals surface area contributed by atoms with E-state index in [0.717, 1.165) is 30.0 Å². The summed E-state index contributed by atoms with van der Waals surface area (Å²) in [4.78, 5) is 19.0. The van der Waals surface area contributed by atoms with Crippen LogP contribution in [0.4, 0.5) is 0 Å². The SMILES string of the molecule is CCCCN(C)C(=O)Cc1cn2ccsc2n1. The summed E-state index contributed by atoms with van der Waals surface area (Å²) in [6.45, 7) is 2.96. The van der Waals surface area contributed by atoms with Gasteiger partial charge in [0.2, 0.25) is 5.91 Å². The zero-order valence-corrected chi connectivity index (χ0v) is 11.0. The lowest BCUT2D eigenvalue weighted by Crippen LogP contribution is -2.29. The molecule has 0 saturated carbocycles. The quantitative estimate of drug-likeness (QED) is 0.817. The van der Waals surface area contributed by atoms with Crippen molar-refractivity contribution in [3.05, 3.63) is 23.5 Å². The van der Waals surface area contributed by atoms with E-state index in [-0.39, 0.29) is 5.91 Å². The van der Waals surface area contributed by atoms with Gasteiger partial charge in [-0.05, 0) is 6.42 Å². The molecule has 92 valence electrons. The summed E-state index contributed by atoms with van der Waals surface area (Å²) < 4.78 is 1.96. The third-order valence-corrected chi connectivity index (χ3v) is 3.52. The van der Waals surface area contributed by atoms with E-state index in [4.69, 9.17) is 0 Å². The van der Waals surface area contributed by atoms with Crippen LogP contribution in [0.3, 0.4) is 0 Å². The Labute approximate surface area is 105 Å². The van der Waals surface area contributed by atoms with E-state index < -0.39 is 0 Å². The Morgan fingerprint density at radius 1 is 1.59 bits per heavy atom. The Morgan fingerprint density at radius 2 is 2.41 bits per heavy atom. The summed E-state index contributed by atoms with van der Waals surface area (Å²) in [5, 5.41) is 1.99. The van der Waals surface area contributed by atoms with Crippen LogP contribution in [-0.4, -0.2) is 33.8 Å². The highest BCUT2D eigenvalue weighted by Crippen LogP contribution is 2.12. The van der Waals surface area contributed by atoms with Crippen LogP contribution in [-0.2, 0) is 11.2 Å². The van der Waals surface area contributed by atoms with Crippen molar-refractivity contribution in [3.63, 3.8) is 0 Å². The van der Waals surface area contributed by atoms with Gasteiger partial charge in [-0.2, -0.15) is 0 Å². The summed E-state index contributed by atoms with van der Waals surface area (Å²) in [7, 11) is 1.86. The molecule has 5 heteroatoms.